The van der Waals surface area contributed by atoms with Crippen molar-refractivity contribution in [1.29, 1.82) is 0 Å². The fourth-order valence-corrected chi connectivity index (χ4v) is 5.45. The van der Waals surface area contributed by atoms with E-state index in [0.717, 1.165) is 10.6 Å². The minimum absolute atomic E-state index is 0.0273. The summed E-state index contributed by atoms with van der Waals surface area (Å²) in [7, 11) is 3.96. The summed E-state index contributed by atoms with van der Waals surface area (Å²) in [6, 6.07) is 18.3. The maximum Gasteiger partial charge on any atom is 0.345 e. The van der Waals surface area contributed by atoms with Crippen molar-refractivity contribution >= 4 is 62.1 Å². The summed E-state index contributed by atoms with van der Waals surface area (Å²) in [5.74, 6) is -2.78. The first kappa shape index (κ1) is 27.7. The van der Waals surface area contributed by atoms with Gasteiger partial charge in [0.2, 0.25) is 0 Å². The van der Waals surface area contributed by atoms with Gasteiger partial charge in [0.15, 0.2) is 5.43 Å². The lowest BCUT2D eigenvalue weighted by atomic mass is 9.91. The third kappa shape index (κ3) is 4.99. The largest absolute Gasteiger partial charge is 0.545 e. The standard InChI is InChI=1S/C33H25N3O7/c1-35(2)20-5-9-24-27(17-20)43-31-22-10-6-21(37)15-18(22)3-8-25(31)30(24)23-7-4-19(16-26(23)33(41)42)32(40)34-13-14-36-28(38)11-12-29(36)39/h3-12,15-17H,13-14H2,1-2H3,(H,34,40)(H,41,42)/p+1. The highest BCUT2D eigenvalue weighted by Crippen LogP contribution is 2.41. The molecule has 0 saturated carbocycles. The van der Waals surface area contributed by atoms with Crippen molar-refractivity contribution in [3.8, 4) is 11.1 Å². The van der Waals surface area contributed by atoms with Crippen molar-refractivity contribution in [3.63, 3.8) is 0 Å². The number of imide groups is 1. The van der Waals surface area contributed by atoms with Crippen LogP contribution in [0.1, 0.15) is 20.7 Å². The minimum atomic E-state index is -1.47. The molecule has 3 amide bonds. The van der Waals surface area contributed by atoms with Crippen molar-refractivity contribution in [2.24, 2.45) is 0 Å². The molecule has 0 bridgehead atoms. The van der Waals surface area contributed by atoms with Gasteiger partial charge in [-0.25, -0.2) is 9.59 Å². The maximum atomic E-state index is 12.9. The van der Waals surface area contributed by atoms with Gasteiger partial charge in [0.25, 0.3) is 5.91 Å². The van der Waals surface area contributed by atoms with Crippen molar-refractivity contribution in [2.75, 3.05) is 27.2 Å². The van der Waals surface area contributed by atoms with E-state index in [1.54, 1.807) is 24.3 Å². The summed E-state index contributed by atoms with van der Waals surface area (Å²) in [4.78, 5) is 62.2. The first-order valence-electron chi connectivity index (χ1n) is 13.6. The molecular weight excluding hydrogens is 550 g/mol. The number of nitrogens with one attached hydrogen (secondary N) is 3. The van der Waals surface area contributed by atoms with E-state index >= 15 is 0 Å². The highest BCUT2D eigenvalue weighted by molar-refractivity contribution is 6.17. The number of amides is 3. The van der Waals surface area contributed by atoms with Crippen LogP contribution in [0.5, 0.6) is 0 Å². The summed E-state index contributed by atoms with van der Waals surface area (Å²) >= 11 is 0. The number of quaternary nitrogens is 2. The summed E-state index contributed by atoms with van der Waals surface area (Å²) < 4.78 is 6.42. The zero-order chi connectivity index (χ0) is 30.4. The number of rotatable bonds is 7. The van der Waals surface area contributed by atoms with Crippen LogP contribution in [0.4, 0.5) is 5.69 Å². The molecule has 0 saturated heterocycles. The van der Waals surface area contributed by atoms with Crippen molar-refractivity contribution in [1.82, 2.24) is 5.32 Å². The van der Waals surface area contributed by atoms with Crippen molar-refractivity contribution in [2.45, 2.75) is 0 Å². The van der Waals surface area contributed by atoms with Gasteiger partial charge in [-0.3, -0.25) is 9.59 Å². The Morgan fingerprint density at radius 1 is 0.860 bits per heavy atom. The van der Waals surface area contributed by atoms with Gasteiger partial charge in [-0.05, 0) is 59.5 Å². The van der Waals surface area contributed by atoms with Crippen LogP contribution < -0.4 is 25.7 Å². The maximum absolute atomic E-state index is 12.9. The van der Waals surface area contributed by atoms with Gasteiger partial charge in [0, 0.05) is 38.9 Å². The average Bonchev–Trinajstić information content (AvgIpc) is 3.31. The lowest BCUT2D eigenvalue weighted by Crippen LogP contribution is -3.15. The van der Waals surface area contributed by atoms with E-state index < -0.39 is 11.9 Å². The summed E-state index contributed by atoms with van der Waals surface area (Å²) in [6.07, 6.45) is 2.39. The van der Waals surface area contributed by atoms with Crippen LogP contribution in [0.15, 0.2) is 88.1 Å². The number of hydrogen-bond acceptors (Lipinski definition) is 7. The Kier molecular flexibility index (Phi) is 6.93. The van der Waals surface area contributed by atoms with Crippen LogP contribution in [-0.4, -0.2) is 50.9 Å². The number of hydrogen-bond donors (Lipinski definition) is 3. The molecule has 5 aromatic rings. The molecule has 6 rings (SSSR count). The van der Waals surface area contributed by atoms with Gasteiger partial charge < -0.3 is 24.5 Å². The van der Waals surface area contributed by atoms with Gasteiger partial charge in [-0.2, -0.15) is 4.90 Å². The van der Waals surface area contributed by atoms with E-state index in [1.807, 2.05) is 32.3 Å². The third-order valence-electron chi connectivity index (χ3n) is 7.66. The quantitative estimate of drug-likeness (QED) is 0.142. The van der Waals surface area contributed by atoms with Crippen molar-refractivity contribution in [3.05, 3.63) is 100 Å². The summed E-state index contributed by atoms with van der Waals surface area (Å²) in [5.41, 5.74) is 2.61. The Bertz CT molecular complexity index is 2090. The lowest BCUT2D eigenvalue weighted by molar-refractivity contribution is -0.786. The molecule has 214 valence electrons. The van der Waals surface area contributed by atoms with Gasteiger partial charge in [0.1, 0.15) is 23.4 Å². The molecule has 0 spiro atoms. The zero-order valence-electron chi connectivity index (χ0n) is 23.3. The fraction of sp³-hybridized carbons (Fsp3) is 0.121. The number of carboxylic acid groups (broad SMARTS) is 1. The van der Waals surface area contributed by atoms with E-state index in [0.29, 0.717) is 43.8 Å². The van der Waals surface area contributed by atoms with Crippen molar-refractivity contribution < 1.29 is 38.5 Å². The fourth-order valence-electron chi connectivity index (χ4n) is 5.45. The molecule has 4 aromatic carbocycles. The molecule has 0 unspecified atom stereocenters. The van der Waals surface area contributed by atoms with E-state index in [1.165, 1.54) is 36.4 Å². The predicted octanol–water partition coefficient (Wildman–Crippen LogP) is 0.144. The van der Waals surface area contributed by atoms with Gasteiger partial charge in [-0.15, -0.1) is 0 Å². The monoisotopic (exact) mass is 576 g/mol. The first-order chi connectivity index (χ1) is 20.6. The van der Waals surface area contributed by atoms with Crippen LogP contribution in [0, 0.1) is 0 Å². The Morgan fingerprint density at radius 2 is 1.58 bits per heavy atom. The predicted molar refractivity (Wildman–Crippen MR) is 157 cm³/mol. The number of carboxylic acids is 1. The van der Waals surface area contributed by atoms with Crippen LogP contribution in [-0.2, 0) is 9.59 Å². The van der Waals surface area contributed by atoms with Crippen LogP contribution in [0.25, 0.3) is 43.8 Å². The topological polar surface area (TPSA) is 142 Å². The number of carbonyl (C=O) groups excluding carboxylic acids is 4. The second-order valence-electron chi connectivity index (χ2n) is 10.6. The Hall–Kier alpha value is -5.45. The molecule has 10 heteroatoms. The molecule has 2 heterocycles. The normalized spacial score (nSPS) is 13.6. The molecular formula is C33H26N3O7+. The highest BCUT2D eigenvalue weighted by Gasteiger charge is 2.29. The SMILES string of the molecule is C[NH+](C)c1ccc2c(-c3ccc(C(=O)NCC[NH+]4C(=O)C=CC4=O)cc3C(=O)[O-])c3ccc4cc(=O)ccc4c3oc2c1. The van der Waals surface area contributed by atoms with Gasteiger partial charge in [0.05, 0.1) is 38.8 Å². The summed E-state index contributed by atoms with van der Waals surface area (Å²) in [6.45, 7) is 0.0886. The zero-order valence-corrected chi connectivity index (χ0v) is 23.3. The van der Waals surface area contributed by atoms with Crippen LogP contribution >= 0.6 is 0 Å². The average molecular weight is 577 g/mol. The molecule has 0 atom stereocenters. The third-order valence-corrected chi connectivity index (χ3v) is 7.66. The van der Waals surface area contributed by atoms with Gasteiger partial charge in [-0.1, -0.05) is 12.1 Å². The van der Waals surface area contributed by atoms with E-state index in [9.17, 15) is 29.1 Å². The molecule has 0 fully saturated rings. The smallest absolute Gasteiger partial charge is 0.345 e. The van der Waals surface area contributed by atoms with E-state index in [4.69, 9.17) is 4.42 Å². The molecule has 1 aromatic heterocycles. The summed E-state index contributed by atoms with van der Waals surface area (Å²) in [5, 5.41) is 17.8. The number of fused-ring (bicyclic) bond motifs is 4. The Morgan fingerprint density at radius 3 is 2.30 bits per heavy atom. The molecule has 10 nitrogen and oxygen atoms in total. The second-order valence-corrected chi connectivity index (χ2v) is 10.6. The van der Waals surface area contributed by atoms with Gasteiger partial charge >= 0.3 is 11.8 Å². The molecule has 0 aliphatic carbocycles. The molecule has 1 aliphatic rings. The molecule has 1 aliphatic heterocycles. The molecule has 0 radical (unpaired) electrons. The first-order valence-corrected chi connectivity index (χ1v) is 13.6. The van der Waals surface area contributed by atoms with Crippen LogP contribution in [0.2, 0.25) is 0 Å². The number of aromatic carboxylic acids is 1. The molecule has 43 heavy (non-hydrogen) atoms. The number of carbonyl (C=O) groups is 4. The van der Waals surface area contributed by atoms with E-state index in [2.05, 4.69) is 5.32 Å². The number of benzene rings is 4. The Labute approximate surface area is 244 Å². The minimum Gasteiger partial charge on any atom is -0.545 e. The Balaban J connectivity index is 1.48. The van der Waals surface area contributed by atoms with E-state index in [-0.39, 0.29) is 46.4 Å². The lowest BCUT2D eigenvalue weighted by Gasteiger charge is -2.18. The molecule has 3 N–H and O–H groups in total. The second kappa shape index (κ2) is 10.8. The van der Waals surface area contributed by atoms with Crippen LogP contribution in [0.3, 0.4) is 0 Å². The highest BCUT2D eigenvalue weighted by atomic mass is 16.4.